The minimum absolute atomic E-state index is 0.152. The number of fused-ring (bicyclic) bond motifs is 1. The Morgan fingerprint density at radius 3 is 2.86 bits per heavy atom. The SMILES string of the molecule is CC1CC(C)(C)c2cccc(O)c2N1. The highest BCUT2D eigenvalue weighted by Crippen LogP contribution is 2.42. The topological polar surface area (TPSA) is 32.3 Å². The molecule has 76 valence electrons. The molecule has 1 aromatic rings. The monoisotopic (exact) mass is 191 g/mol. The zero-order valence-corrected chi connectivity index (χ0v) is 8.96. The van der Waals surface area contributed by atoms with Crippen molar-refractivity contribution in [3.05, 3.63) is 23.8 Å². The molecule has 2 N–H and O–H groups in total. The lowest BCUT2D eigenvalue weighted by molar-refractivity contribution is 0.421. The second-order valence-corrected chi connectivity index (χ2v) is 4.83. The molecule has 14 heavy (non-hydrogen) atoms. The zero-order valence-electron chi connectivity index (χ0n) is 8.96. The number of rotatable bonds is 0. The molecule has 0 fully saturated rings. The second-order valence-electron chi connectivity index (χ2n) is 4.83. The molecule has 0 spiro atoms. The van der Waals surface area contributed by atoms with Gasteiger partial charge >= 0.3 is 0 Å². The molecule has 1 aliphatic rings. The van der Waals surface area contributed by atoms with Crippen LogP contribution in [0.2, 0.25) is 0 Å². The lowest BCUT2D eigenvalue weighted by Gasteiger charge is -2.37. The standard InChI is InChI=1S/C12H17NO/c1-8-7-12(2,3)9-5-4-6-10(14)11(9)13-8/h4-6,8,13-14H,7H2,1-3H3. The minimum atomic E-state index is 0.152. The van der Waals surface area contributed by atoms with Crippen LogP contribution < -0.4 is 5.32 Å². The summed E-state index contributed by atoms with van der Waals surface area (Å²) in [5.74, 6) is 0.363. The van der Waals surface area contributed by atoms with Gasteiger partial charge in [-0.25, -0.2) is 0 Å². The van der Waals surface area contributed by atoms with Crippen molar-refractivity contribution in [1.82, 2.24) is 0 Å². The third kappa shape index (κ3) is 1.35. The Kier molecular flexibility index (Phi) is 1.95. The third-order valence-corrected chi connectivity index (χ3v) is 2.98. The molecule has 1 heterocycles. The van der Waals surface area contributed by atoms with Gasteiger partial charge in [-0.2, -0.15) is 0 Å². The van der Waals surface area contributed by atoms with Crippen LogP contribution in [0.25, 0.3) is 0 Å². The molecule has 2 heteroatoms. The summed E-state index contributed by atoms with van der Waals surface area (Å²) in [5.41, 5.74) is 2.28. The van der Waals surface area contributed by atoms with E-state index in [9.17, 15) is 5.11 Å². The van der Waals surface area contributed by atoms with E-state index in [1.807, 2.05) is 6.07 Å². The number of hydrogen-bond donors (Lipinski definition) is 2. The molecular weight excluding hydrogens is 174 g/mol. The number of aromatic hydroxyl groups is 1. The number of phenolic OH excluding ortho intramolecular Hbond substituents is 1. The smallest absolute Gasteiger partial charge is 0.138 e. The van der Waals surface area contributed by atoms with Crippen LogP contribution in [0.5, 0.6) is 5.75 Å². The first-order chi connectivity index (χ1) is 6.50. The maximum absolute atomic E-state index is 9.74. The summed E-state index contributed by atoms with van der Waals surface area (Å²) < 4.78 is 0. The van der Waals surface area contributed by atoms with E-state index >= 15 is 0 Å². The number of phenols is 1. The summed E-state index contributed by atoms with van der Waals surface area (Å²) in [7, 11) is 0. The summed E-state index contributed by atoms with van der Waals surface area (Å²) in [5, 5.41) is 13.1. The van der Waals surface area contributed by atoms with Crippen LogP contribution in [0.1, 0.15) is 32.8 Å². The first kappa shape index (κ1) is 9.38. The van der Waals surface area contributed by atoms with E-state index in [1.54, 1.807) is 6.07 Å². The summed E-state index contributed by atoms with van der Waals surface area (Å²) in [6.07, 6.45) is 1.10. The van der Waals surface area contributed by atoms with E-state index in [0.29, 0.717) is 11.8 Å². The maximum atomic E-state index is 9.74. The van der Waals surface area contributed by atoms with Gasteiger partial charge in [0.15, 0.2) is 0 Å². The number of para-hydroxylation sites is 1. The third-order valence-electron chi connectivity index (χ3n) is 2.98. The van der Waals surface area contributed by atoms with Crippen molar-refractivity contribution in [2.75, 3.05) is 5.32 Å². The number of nitrogens with one attached hydrogen (secondary N) is 1. The lowest BCUT2D eigenvalue weighted by atomic mass is 9.76. The van der Waals surface area contributed by atoms with E-state index in [2.05, 4.69) is 32.2 Å². The van der Waals surface area contributed by atoms with Gasteiger partial charge in [-0.05, 0) is 30.4 Å². The first-order valence-electron chi connectivity index (χ1n) is 5.10. The summed E-state index contributed by atoms with van der Waals surface area (Å²) in [6, 6.07) is 6.16. The second kappa shape index (κ2) is 2.91. The van der Waals surface area contributed by atoms with Crippen molar-refractivity contribution < 1.29 is 5.11 Å². The Hall–Kier alpha value is -1.18. The van der Waals surface area contributed by atoms with E-state index in [0.717, 1.165) is 12.1 Å². The van der Waals surface area contributed by atoms with Gasteiger partial charge in [0.25, 0.3) is 0 Å². The van der Waals surface area contributed by atoms with Crippen molar-refractivity contribution in [1.29, 1.82) is 0 Å². The van der Waals surface area contributed by atoms with Crippen LogP contribution in [0.4, 0.5) is 5.69 Å². The number of hydrogen-bond acceptors (Lipinski definition) is 2. The van der Waals surface area contributed by atoms with Gasteiger partial charge in [-0.3, -0.25) is 0 Å². The van der Waals surface area contributed by atoms with E-state index in [4.69, 9.17) is 0 Å². The van der Waals surface area contributed by atoms with Crippen molar-refractivity contribution in [3.8, 4) is 5.75 Å². The zero-order chi connectivity index (χ0) is 10.3. The predicted molar refractivity (Wildman–Crippen MR) is 58.8 cm³/mol. The van der Waals surface area contributed by atoms with Gasteiger partial charge in [0.1, 0.15) is 5.75 Å². The predicted octanol–water partition coefficient (Wildman–Crippen LogP) is 2.87. The maximum Gasteiger partial charge on any atom is 0.138 e. The van der Waals surface area contributed by atoms with Crippen LogP contribution in [0.15, 0.2) is 18.2 Å². The average molecular weight is 191 g/mol. The minimum Gasteiger partial charge on any atom is -0.506 e. The average Bonchev–Trinajstić information content (AvgIpc) is 2.05. The molecule has 2 nitrogen and oxygen atoms in total. The van der Waals surface area contributed by atoms with Crippen molar-refractivity contribution >= 4 is 5.69 Å². The van der Waals surface area contributed by atoms with Crippen LogP contribution in [-0.4, -0.2) is 11.1 Å². The molecule has 0 amide bonds. The Bertz CT molecular complexity index is 357. The van der Waals surface area contributed by atoms with Crippen LogP contribution in [-0.2, 0) is 5.41 Å². The van der Waals surface area contributed by atoms with Gasteiger partial charge in [-0.1, -0.05) is 26.0 Å². The molecule has 0 radical (unpaired) electrons. The summed E-state index contributed by atoms with van der Waals surface area (Å²) >= 11 is 0. The van der Waals surface area contributed by atoms with Crippen LogP contribution in [0.3, 0.4) is 0 Å². The summed E-state index contributed by atoms with van der Waals surface area (Å²) in [6.45, 7) is 6.60. The van der Waals surface area contributed by atoms with Crippen LogP contribution in [0, 0.1) is 0 Å². The highest BCUT2D eigenvalue weighted by molar-refractivity contribution is 5.65. The van der Waals surface area contributed by atoms with Crippen LogP contribution >= 0.6 is 0 Å². The fraction of sp³-hybridized carbons (Fsp3) is 0.500. The molecule has 0 saturated heterocycles. The largest absolute Gasteiger partial charge is 0.506 e. The molecule has 1 atom stereocenters. The first-order valence-corrected chi connectivity index (χ1v) is 5.10. The Balaban J connectivity index is 2.57. The molecular formula is C12H17NO. The highest BCUT2D eigenvalue weighted by atomic mass is 16.3. The van der Waals surface area contributed by atoms with Crippen molar-refractivity contribution in [3.63, 3.8) is 0 Å². The Morgan fingerprint density at radius 1 is 1.43 bits per heavy atom. The molecule has 0 aromatic heterocycles. The Morgan fingerprint density at radius 2 is 2.14 bits per heavy atom. The van der Waals surface area contributed by atoms with Gasteiger partial charge in [0.05, 0.1) is 5.69 Å². The lowest BCUT2D eigenvalue weighted by Crippen LogP contribution is -2.34. The van der Waals surface area contributed by atoms with Crippen molar-refractivity contribution in [2.45, 2.75) is 38.6 Å². The van der Waals surface area contributed by atoms with Gasteiger partial charge < -0.3 is 10.4 Å². The highest BCUT2D eigenvalue weighted by Gasteiger charge is 2.31. The fourth-order valence-electron chi connectivity index (χ4n) is 2.43. The number of anilines is 1. The van der Waals surface area contributed by atoms with E-state index < -0.39 is 0 Å². The molecule has 1 unspecified atom stereocenters. The van der Waals surface area contributed by atoms with E-state index in [1.165, 1.54) is 5.56 Å². The fourth-order valence-corrected chi connectivity index (χ4v) is 2.43. The molecule has 1 aromatic carbocycles. The van der Waals surface area contributed by atoms with Crippen molar-refractivity contribution in [2.24, 2.45) is 0 Å². The number of benzene rings is 1. The molecule has 2 rings (SSSR count). The quantitative estimate of drug-likeness (QED) is 0.618. The molecule has 0 aliphatic carbocycles. The van der Waals surface area contributed by atoms with Gasteiger partial charge in [0, 0.05) is 6.04 Å². The Labute approximate surface area is 85.0 Å². The summed E-state index contributed by atoms with van der Waals surface area (Å²) in [4.78, 5) is 0. The molecule has 1 aliphatic heterocycles. The van der Waals surface area contributed by atoms with Gasteiger partial charge in [-0.15, -0.1) is 0 Å². The van der Waals surface area contributed by atoms with E-state index in [-0.39, 0.29) is 5.41 Å². The molecule has 0 bridgehead atoms. The normalized spacial score (nSPS) is 23.8. The van der Waals surface area contributed by atoms with Gasteiger partial charge in [0.2, 0.25) is 0 Å². The molecule has 0 saturated carbocycles.